The maximum absolute atomic E-state index is 12.2. The fraction of sp³-hybridized carbons (Fsp3) is 0.308. The van der Waals surface area contributed by atoms with Crippen LogP contribution in [0.25, 0.3) is 5.69 Å². The monoisotopic (exact) mass is 257 g/mol. The summed E-state index contributed by atoms with van der Waals surface area (Å²) in [6.07, 6.45) is 2.08. The van der Waals surface area contributed by atoms with Crippen molar-refractivity contribution in [2.45, 2.75) is 12.8 Å². The van der Waals surface area contributed by atoms with Gasteiger partial charge in [0.25, 0.3) is 5.91 Å². The minimum atomic E-state index is -0.128. The molecule has 1 aliphatic rings. The highest BCUT2D eigenvalue weighted by Gasteiger charge is 2.25. The number of benzene rings is 1. The van der Waals surface area contributed by atoms with Gasteiger partial charge in [-0.1, -0.05) is 23.4 Å². The maximum atomic E-state index is 12.2. The predicted octanol–water partition coefficient (Wildman–Crippen LogP) is 1.09. The third-order valence-corrected chi connectivity index (χ3v) is 3.30. The highest BCUT2D eigenvalue weighted by Crippen LogP contribution is 2.18. The normalized spacial score (nSPS) is 14.8. The molecule has 0 spiro atoms. The second-order valence-electron chi connectivity index (χ2n) is 4.57. The van der Waals surface area contributed by atoms with E-state index in [1.165, 1.54) is 4.68 Å². The van der Waals surface area contributed by atoms with E-state index >= 15 is 0 Å². The first-order chi connectivity index (χ1) is 9.27. The zero-order chi connectivity index (χ0) is 13.2. The summed E-state index contributed by atoms with van der Waals surface area (Å²) in [5, 5.41) is 7.91. The molecule has 6 heteroatoms. The SMILES string of the molecule is Nc1c(C(=O)N2CCCC2)nnn1-c1ccccc1. The number of hydrogen-bond donors (Lipinski definition) is 1. The highest BCUT2D eigenvalue weighted by molar-refractivity contribution is 5.96. The van der Waals surface area contributed by atoms with Gasteiger partial charge in [-0.25, -0.2) is 0 Å². The molecule has 19 heavy (non-hydrogen) atoms. The predicted molar refractivity (Wildman–Crippen MR) is 70.9 cm³/mol. The summed E-state index contributed by atoms with van der Waals surface area (Å²) in [5.41, 5.74) is 7.03. The number of aromatic nitrogens is 3. The topological polar surface area (TPSA) is 77.0 Å². The minimum absolute atomic E-state index is 0.128. The van der Waals surface area contributed by atoms with Gasteiger partial charge in [-0.2, -0.15) is 4.68 Å². The molecule has 0 unspecified atom stereocenters. The van der Waals surface area contributed by atoms with E-state index in [1.54, 1.807) is 4.90 Å². The lowest BCUT2D eigenvalue weighted by molar-refractivity contribution is 0.0788. The molecule has 1 aliphatic heterocycles. The Kier molecular flexibility index (Phi) is 2.91. The molecule has 0 aliphatic carbocycles. The molecule has 2 heterocycles. The Balaban J connectivity index is 1.93. The van der Waals surface area contributed by atoms with Crippen molar-refractivity contribution in [1.82, 2.24) is 19.9 Å². The second-order valence-corrected chi connectivity index (χ2v) is 4.57. The summed E-state index contributed by atoms with van der Waals surface area (Å²) in [5.74, 6) is 0.167. The zero-order valence-electron chi connectivity index (χ0n) is 10.5. The first kappa shape index (κ1) is 11.7. The maximum Gasteiger partial charge on any atom is 0.278 e. The number of anilines is 1. The third kappa shape index (κ3) is 2.05. The Labute approximate surface area is 110 Å². The van der Waals surface area contributed by atoms with Crippen LogP contribution in [0, 0.1) is 0 Å². The molecule has 1 fully saturated rings. The van der Waals surface area contributed by atoms with Crippen LogP contribution in [0.4, 0.5) is 5.82 Å². The zero-order valence-corrected chi connectivity index (χ0v) is 10.5. The van der Waals surface area contributed by atoms with Crippen LogP contribution in [0.5, 0.6) is 0 Å². The van der Waals surface area contributed by atoms with Gasteiger partial charge in [0, 0.05) is 13.1 Å². The first-order valence-electron chi connectivity index (χ1n) is 6.33. The highest BCUT2D eigenvalue weighted by atomic mass is 16.2. The minimum Gasteiger partial charge on any atom is -0.382 e. The summed E-state index contributed by atoms with van der Waals surface area (Å²) in [6, 6.07) is 9.42. The Morgan fingerprint density at radius 2 is 1.84 bits per heavy atom. The smallest absolute Gasteiger partial charge is 0.278 e. The molecule has 2 N–H and O–H groups in total. The second kappa shape index (κ2) is 4.72. The lowest BCUT2D eigenvalue weighted by Crippen LogP contribution is -2.28. The standard InChI is InChI=1S/C13H15N5O/c14-12-11(13(19)17-8-4-5-9-17)15-16-18(12)10-6-2-1-3-7-10/h1-3,6-7H,4-5,8-9,14H2. The van der Waals surface area contributed by atoms with Gasteiger partial charge in [0.2, 0.25) is 0 Å². The Morgan fingerprint density at radius 3 is 2.53 bits per heavy atom. The van der Waals surface area contributed by atoms with Crippen molar-refractivity contribution in [3.8, 4) is 5.69 Å². The molecule has 2 aromatic rings. The average molecular weight is 257 g/mol. The van der Waals surface area contributed by atoms with E-state index in [4.69, 9.17) is 5.73 Å². The van der Waals surface area contributed by atoms with Crippen molar-refractivity contribution in [3.63, 3.8) is 0 Å². The number of rotatable bonds is 2. The molecule has 1 saturated heterocycles. The van der Waals surface area contributed by atoms with Gasteiger partial charge in [-0.15, -0.1) is 5.10 Å². The van der Waals surface area contributed by atoms with Crippen LogP contribution in [0.1, 0.15) is 23.3 Å². The van der Waals surface area contributed by atoms with Gasteiger partial charge >= 0.3 is 0 Å². The summed E-state index contributed by atoms with van der Waals surface area (Å²) >= 11 is 0. The first-order valence-corrected chi connectivity index (χ1v) is 6.33. The van der Waals surface area contributed by atoms with E-state index in [1.807, 2.05) is 30.3 Å². The van der Waals surface area contributed by atoms with E-state index in [2.05, 4.69) is 10.3 Å². The van der Waals surface area contributed by atoms with E-state index in [-0.39, 0.29) is 11.6 Å². The Bertz CT molecular complexity index is 586. The van der Waals surface area contributed by atoms with Crippen molar-refractivity contribution in [3.05, 3.63) is 36.0 Å². The molecular formula is C13H15N5O. The van der Waals surface area contributed by atoms with Crippen molar-refractivity contribution in [1.29, 1.82) is 0 Å². The average Bonchev–Trinajstić information content (AvgIpc) is 3.08. The van der Waals surface area contributed by atoms with Crippen LogP contribution in [0.15, 0.2) is 30.3 Å². The lowest BCUT2D eigenvalue weighted by atomic mass is 10.3. The van der Waals surface area contributed by atoms with Gasteiger partial charge in [0.05, 0.1) is 5.69 Å². The molecule has 0 saturated carbocycles. The van der Waals surface area contributed by atoms with Gasteiger partial charge in [0.15, 0.2) is 11.5 Å². The molecule has 1 aromatic carbocycles. The van der Waals surface area contributed by atoms with Crippen molar-refractivity contribution in [2.75, 3.05) is 18.8 Å². The van der Waals surface area contributed by atoms with Gasteiger partial charge in [0.1, 0.15) is 0 Å². The van der Waals surface area contributed by atoms with Gasteiger partial charge in [-0.3, -0.25) is 4.79 Å². The van der Waals surface area contributed by atoms with Crippen molar-refractivity contribution < 1.29 is 4.79 Å². The summed E-state index contributed by atoms with van der Waals surface area (Å²) < 4.78 is 1.49. The number of carbonyl (C=O) groups is 1. The fourth-order valence-electron chi connectivity index (χ4n) is 2.27. The van der Waals surface area contributed by atoms with Gasteiger partial charge in [-0.05, 0) is 25.0 Å². The molecule has 98 valence electrons. The van der Waals surface area contributed by atoms with Gasteiger partial charge < -0.3 is 10.6 Å². The van der Waals surface area contributed by atoms with Crippen LogP contribution < -0.4 is 5.73 Å². The Morgan fingerprint density at radius 1 is 1.16 bits per heavy atom. The molecule has 0 atom stereocenters. The number of nitrogens with two attached hydrogens (primary N) is 1. The number of carbonyl (C=O) groups excluding carboxylic acids is 1. The number of nitrogens with zero attached hydrogens (tertiary/aromatic N) is 4. The third-order valence-electron chi connectivity index (χ3n) is 3.30. The number of para-hydroxylation sites is 1. The quantitative estimate of drug-likeness (QED) is 0.873. The molecule has 3 rings (SSSR count). The number of nitrogen functional groups attached to an aromatic ring is 1. The lowest BCUT2D eigenvalue weighted by Gasteiger charge is -2.13. The van der Waals surface area contributed by atoms with Crippen LogP contribution >= 0.6 is 0 Å². The van der Waals surface area contributed by atoms with E-state index in [9.17, 15) is 4.79 Å². The number of amides is 1. The number of likely N-dealkylation sites (tertiary alicyclic amines) is 1. The molecule has 1 amide bonds. The van der Waals surface area contributed by atoms with E-state index < -0.39 is 0 Å². The fourth-order valence-corrected chi connectivity index (χ4v) is 2.27. The molecule has 0 radical (unpaired) electrons. The summed E-state index contributed by atoms with van der Waals surface area (Å²) in [6.45, 7) is 1.55. The largest absolute Gasteiger partial charge is 0.382 e. The summed E-state index contributed by atoms with van der Waals surface area (Å²) in [4.78, 5) is 14.0. The van der Waals surface area contributed by atoms with Crippen LogP contribution in [-0.2, 0) is 0 Å². The molecular weight excluding hydrogens is 242 g/mol. The summed E-state index contributed by atoms with van der Waals surface area (Å²) in [7, 11) is 0. The van der Waals surface area contributed by atoms with E-state index in [0.717, 1.165) is 31.6 Å². The Hall–Kier alpha value is -2.37. The van der Waals surface area contributed by atoms with Crippen molar-refractivity contribution in [2.24, 2.45) is 0 Å². The van der Waals surface area contributed by atoms with Crippen LogP contribution in [-0.4, -0.2) is 38.9 Å². The van der Waals surface area contributed by atoms with Crippen LogP contribution in [0.3, 0.4) is 0 Å². The van der Waals surface area contributed by atoms with Crippen molar-refractivity contribution >= 4 is 11.7 Å². The van der Waals surface area contributed by atoms with E-state index in [0.29, 0.717) is 5.82 Å². The molecule has 6 nitrogen and oxygen atoms in total. The molecule has 1 aromatic heterocycles. The number of hydrogen-bond acceptors (Lipinski definition) is 4. The molecule has 0 bridgehead atoms. The van der Waals surface area contributed by atoms with Crippen LogP contribution in [0.2, 0.25) is 0 Å².